The third-order valence-corrected chi connectivity index (χ3v) is 4.06. The Balaban J connectivity index is 1.73. The predicted octanol–water partition coefficient (Wildman–Crippen LogP) is 2.26. The number of rotatable bonds is 3. The first kappa shape index (κ1) is 15.7. The van der Waals surface area contributed by atoms with E-state index < -0.39 is 0 Å². The van der Waals surface area contributed by atoms with Gasteiger partial charge in [0.1, 0.15) is 17.8 Å². The largest absolute Gasteiger partial charge is 0.373 e. The van der Waals surface area contributed by atoms with Crippen LogP contribution in [0.2, 0.25) is 0 Å². The van der Waals surface area contributed by atoms with Crippen LogP contribution in [0.4, 0.5) is 0 Å². The number of carbonyl (C=O) groups excluding carboxylic acids is 1. The highest BCUT2D eigenvalue weighted by Crippen LogP contribution is 2.23. The Bertz CT molecular complexity index is 685. The molecule has 0 bridgehead atoms. The zero-order valence-corrected chi connectivity index (χ0v) is 13.7. The Kier molecular flexibility index (Phi) is 4.17. The van der Waals surface area contributed by atoms with Crippen molar-refractivity contribution in [1.29, 1.82) is 0 Å². The van der Waals surface area contributed by atoms with Crippen LogP contribution < -0.4 is 5.32 Å². The Morgan fingerprint density at radius 1 is 1.43 bits per heavy atom. The van der Waals surface area contributed by atoms with Crippen molar-refractivity contribution < 1.29 is 9.53 Å². The number of carbonyl (C=O) groups is 1. The first-order valence-corrected chi connectivity index (χ1v) is 7.85. The first-order chi connectivity index (χ1) is 10.9. The maximum atomic E-state index is 12.5. The van der Waals surface area contributed by atoms with Gasteiger partial charge in [0, 0.05) is 12.4 Å². The molecule has 1 saturated heterocycles. The summed E-state index contributed by atoms with van der Waals surface area (Å²) in [6.45, 7) is 6.64. The van der Waals surface area contributed by atoms with Gasteiger partial charge in [-0.2, -0.15) is 0 Å². The fourth-order valence-electron chi connectivity index (χ4n) is 2.67. The summed E-state index contributed by atoms with van der Waals surface area (Å²) in [7, 11) is 0. The fourth-order valence-corrected chi connectivity index (χ4v) is 2.67. The topological polar surface area (TPSA) is 69.0 Å². The van der Waals surface area contributed by atoms with Gasteiger partial charge in [-0.1, -0.05) is 0 Å². The molecule has 0 aliphatic carbocycles. The van der Waals surface area contributed by atoms with E-state index in [9.17, 15) is 4.79 Å². The lowest BCUT2D eigenvalue weighted by Gasteiger charge is -2.35. The Labute approximate surface area is 135 Å². The molecule has 23 heavy (non-hydrogen) atoms. The van der Waals surface area contributed by atoms with Gasteiger partial charge in [-0.3, -0.25) is 9.36 Å². The van der Waals surface area contributed by atoms with Crippen molar-refractivity contribution in [2.24, 2.45) is 0 Å². The van der Waals surface area contributed by atoms with Crippen molar-refractivity contribution in [2.45, 2.75) is 45.3 Å². The molecule has 6 heteroatoms. The monoisotopic (exact) mass is 314 g/mol. The van der Waals surface area contributed by atoms with Crippen LogP contribution in [0.25, 0.3) is 5.82 Å². The maximum absolute atomic E-state index is 12.5. The Morgan fingerprint density at radius 3 is 2.91 bits per heavy atom. The number of ether oxygens (including phenoxy) is 1. The number of nitrogens with one attached hydrogen (secondary N) is 1. The molecule has 1 amide bonds. The van der Waals surface area contributed by atoms with E-state index >= 15 is 0 Å². The van der Waals surface area contributed by atoms with Crippen molar-refractivity contribution in [1.82, 2.24) is 19.9 Å². The summed E-state index contributed by atoms with van der Waals surface area (Å²) in [4.78, 5) is 21.0. The minimum atomic E-state index is -0.164. The minimum Gasteiger partial charge on any atom is -0.373 e. The molecule has 3 heterocycles. The van der Waals surface area contributed by atoms with E-state index in [1.54, 1.807) is 29.4 Å². The average molecular weight is 314 g/mol. The lowest BCUT2D eigenvalue weighted by Crippen LogP contribution is -2.46. The van der Waals surface area contributed by atoms with E-state index in [1.165, 1.54) is 0 Å². The van der Waals surface area contributed by atoms with E-state index in [4.69, 9.17) is 4.74 Å². The molecule has 1 atom stereocenters. The number of aromatic nitrogens is 3. The van der Waals surface area contributed by atoms with Crippen LogP contribution in [0.1, 0.15) is 42.7 Å². The molecule has 1 fully saturated rings. The molecular weight excluding hydrogens is 292 g/mol. The normalized spacial score (nSPS) is 20.2. The van der Waals surface area contributed by atoms with E-state index in [-0.39, 0.29) is 17.6 Å². The highest BCUT2D eigenvalue weighted by Gasteiger charge is 2.28. The number of amides is 1. The van der Waals surface area contributed by atoms with Gasteiger partial charge in [0.2, 0.25) is 0 Å². The van der Waals surface area contributed by atoms with Gasteiger partial charge >= 0.3 is 0 Å². The molecule has 0 aromatic carbocycles. The van der Waals surface area contributed by atoms with Crippen LogP contribution in [0, 0.1) is 6.92 Å². The van der Waals surface area contributed by atoms with Gasteiger partial charge in [-0.15, -0.1) is 0 Å². The van der Waals surface area contributed by atoms with Crippen LogP contribution in [0.3, 0.4) is 0 Å². The molecular formula is C17H22N4O2. The third-order valence-electron chi connectivity index (χ3n) is 4.06. The quantitative estimate of drug-likeness (QED) is 0.943. The molecule has 0 spiro atoms. The van der Waals surface area contributed by atoms with Gasteiger partial charge in [0.15, 0.2) is 0 Å². The van der Waals surface area contributed by atoms with Crippen LogP contribution in [-0.2, 0) is 4.74 Å². The van der Waals surface area contributed by atoms with Crippen molar-refractivity contribution in [3.63, 3.8) is 0 Å². The smallest absolute Gasteiger partial charge is 0.270 e. The van der Waals surface area contributed by atoms with Gasteiger partial charge < -0.3 is 10.1 Å². The molecule has 0 saturated carbocycles. The summed E-state index contributed by atoms with van der Waals surface area (Å²) in [5.41, 5.74) is 1.30. The zero-order chi connectivity index (χ0) is 16.4. The van der Waals surface area contributed by atoms with E-state index in [2.05, 4.69) is 29.1 Å². The SMILES string of the molecule is Cc1cc(C(=O)NC2CCC(C)(C)OC2)nc(-n2ccnc2)c1. The van der Waals surface area contributed by atoms with Crippen LogP contribution in [0.5, 0.6) is 0 Å². The number of pyridine rings is 1. The molecule has 122 valence electrons. The molecule has 0 radical (unpaired) electrons. The number of aryl methyl sites for hydroxylation is 1. The summed E-state index contributed by atoms with van der Waals surface area (Å²) >= 11 is 0. The van der Waals surface area contributed by atoms with Gasteiger partial charge in [0.25, 0.3) is 5.91 Å². The number of imidazole rings is 1. The Hall–Kier alpha value is -2.21. The van der Waals surface area contributed by atoms with Crippen molar-refractivity contribution in [3.05, 3.63) is 42.1 Å². The third kappa shape index (κ3) is 3.76. The molecule has 1 aliphatic rings. The highest BCUT2D eigenvalue weighted by molar-refractivity contribution is 5.92. The molecule has 1 aliphatic heterocycles. The second kappa shape index (κ2) is 6.12. The standard InChI is InChI=1S/C17H22N4O2/c1-12-8-14(20-15(9-12)21-7-6-18-11-21)16(22)19-13-4-5-17(2,3)23-10-13/h6-9,11,13H,4-5,10H2,1-3H3,(H,19,22). The molecule has 1 unspecified atom stereocenters. The molecule has 2 aromatic rings. The minimum absolute atomic E-state index is 0.0366. The zero-order valence-electron chi connectivity index (χ0n) is 13.7. The maximum Gasteiger partial charge on any atom is 0.270 e. The van der Waals surface area contributed by atoms with Crippen LogP contribution >= 0.6 is 0 Å². The average Bonchev–Trinajstić information content (AvgIpc) is 3.03. The second-order valence-electron chi connectivity index (χ2n) is 6.64. The summed E-state index contributed by atoms with van der Waals surface area (Å²) in [6.07, 6.45) is 7.00. The number of hydrogen-bond acceptors (Lipinski definition) is 4. The van der Waals surface area contributed by atoms with E-state index in [0.29, 0.717) is 18.1 Å². The fraction of sp³-hybridized carbons (Fsp3) is 0.471. The van der Waals surface area contributed by atoms with Crippen molar-refractivity contribution in [3.8, 4) is 5.82 Å². The Morgan fingerprint density at radius 2 is 2.26 bits per heavy atom. The summed E-state index contributed by atoms with van der Waals surface area (Å²) in [5, 5.41) is 3.02. The number of nitrogens with zero attached hydrogens (tertiary/aromatic N) is 3. The molecule has 2 aromatic heterocycles. The molecule has 3 rings (SSSR count). The second-order valence-corrected chi connectivity index (χ2v) is 6.64. The lowest BCUT2D eigenvalue weighted by molar-refractivity contribution is -0.0639. The van der Waals surface area contributed by atoms with Crippen molar-refractivity contribution >= 4 is 5.91 Å². The highest BCUT2D eigenvalue weighted by atomic mass is 16.5. The summed E-state index contributed by atoms with van der Waals surface area (Å²) in [6, 6.07) is 3.75. The van der Waals surface area contributed by atoms with Gasteiger partial charge in [0.05, 0.1) is 18.2 Å². The number of hydrogen-bond donors (Lipinski definition) is 1. The summed E-state index contributed by atoms with van der Waals surface area (Å²) in [5.74, 6) is 0.525. The lowest BCUT2D eigenvalue weighted by atomic mass is 9.95. The van der Waals surface area contributed by atoms with Crippen LogP contribution in [-0.4, -0.2) is 38.7 Å². The predicted molar refractivity (Wildman–Crippen MR) is 86.6 cm³/mol. The first-order valence-electron chi connectivity index (χ1n) is 7.85. The van der Waals surface area contributed by atoms with Gasteiger partial charge in [-0.05, 0) is 51.3 Å². The van der Waals surface area contributed by atoms with E-state index in [1.807, 2.05) is 13.0 Å². The van der Waals surface area contributed by atoms with Gasteiger partial charge in [-0.25, -0.2) is 9.97 Å². The molecule has 1 N–H and O–H groups in total. The van der Waals surface area contributed by atoms with Crippen molar-refractivity contribution in [2.75, 3.05) is 6.61 Å². The van der Waals surface area contributed by atoms with E-state index in [0.717, 1.165) is 18.4 Å². The van der Waals surface area contributed by atoms with Crippen LogP contribution in [0.15, 0.2) is 30.9 Å². The summed E-state index contributed by atoms with van der Waals surface area (Å²) < 4.78 is 7.56. The molecule has 6 nitrogen and oxygen atoms in total.